The number of rotatable bonds is 2. The lowest BCUT2D eigenvalue weighted by atomic mass is 9.75. The van der Waals surface area contributed by atoms with Gasteiger partial charge in [0.05, 0.1) is 25.0 Å². The van der Waals surface area contributed by atoms with Crippen molar-refractivity contribution >= 4 is 11.9 Å². The molecule has 1 spiro atoms. The molecule has 0 radical (unpaired) electrons. The number of amides is 1. The zero-order valence-electron chi connectivity index (χ0n) is 17.6. The van der Waals surface area contributed by atoms with E-state index in [1.165, 1.54) is 0 Å². The maximum atomic E-state index is 13.0. The zero-order valence-corrected chi connectivity index (χ0v) is 17.6. The first-order valence-corrected chi connectivity index (χ1v) is 11.5. The minimum absolute atomic E-state index is 0.00219. The van der Waals surface area contributed by atoms with Crippen LogP contribution in [0.5, 0.6) is 0 Å². The fourth-order valence-electron chi connectivity index (χ4n) is 5.79. The van der Waals surface area contributed by atoms with Gasteiger partial charge in [-0.3, -0.25) is 14.6 Å². The number of nitrogens with zero attached hydrogens (tertiary/aromatic N) is 3. The van der Waals surface area contributed by atoms with Gasteiger partial charge < -0.3 is 19.6 Å². The number of nitrogens with one attached hydrogen (secondary N) is 1. The van der Waals surface area contributed by atoms with Crippen molar-refractivity contribution in [3.05, 3.63) is 21.6 Å². The first-order chi connectivity index (χ1) is 14.6. The molecule has 0 unspecified atom stereocenters. The van der Waals surface area contributed by atoms with E-state index in [1.54, 1.807) is 0 Å². The van der Waals surface area contributed by atoms with Gasteiger partial charge in [0.15, 0.2) is 0 Å². The molecule has 1 amide bonds. The summed E-state index contributed by atoms with van der Waals surface area (Å²) < 4.78 is 5.43. The summed E-state index contributed by atoms with van der Waals surface area (Å²) >= 11 is 0. The highest BCUT2D eigenvalue weighted by Gasteiger charge is 2.45. The minimum atomic E-state index is -0.238. The van der Waals surface area contributed by atoms with Gasteiger partial charge in [-0.15, -0.1) is 0 Å². The Labute approximate surface area is 176 Å². The Morgan fingerprint density at radius 3 is 2.47 bits per heavy atom. The fraction of sp³-hybridized carbons (Fsp3) is 0.773. The van der Waals surface area contributed by atoms with Crippen LogP contribution >= 0.6 is 0 Å². The number of carbonyl (C=O) groups excluding carboxylic acids is 1. The topological polar surface area (TPSA) is 98.8 Å². The number of ether oxygens (including phenoxy) is 1. The van der Waals surface area contributed by atoms with E-state index in [0.29, 0.717) is 19.2 Å². The first kappa shape index (κ1) is 20.0. The van der Waals surface area contributed by atoms with Gasteiger partial charge in [-0.2, -0.15) is 0 Å². The van der Waals surface area contributed by atoms with Crippen LogP contribution in [0.4, 0.5) is 5.95 Å². The number of aliphatic hydroxyl groups excluding tert-OH is 1. The van der Waals surface area contributed by atoms with Crippen LogP contribution in [0.3, 0.4) is 0 Å². The molecule has 4 aliphatic rings. The molecule has 8 heteroatoms. The van der Waals surface area contributed by atoms with Crippen molar-refractivity contribution in [2.75, 3.05) is 44.3 Å². The molecule has 30 heavy (non-hydrogen) atoms. The quantitative estimate of drug-likeness (QED) is 0.745. The molecular formula is C22H32N4O4. The zero-order chi connectivity index (χ0) is 20.7. The number of piperidine rings is 1. The third kappa shape index (κ3) is 3.54. The summed E-state index contributed by atoms with van der Waals surface area (Å²) in [6, 6.07) is 0. The molecule has 1 aromatic rings. The average Bonchev–Trinajstić information content (AvgIpc) is 3.13. The Morgan fingerprint density at radius 2 is 1.77 bits per heavy atom. The smallest absolute Gasteiger partial charge is 0.255 e. The van der Waals surface area contributed by atoms with Crippen LogP contribution < -0.4 is 10.5 Å². The highest BCUT2D eigenvalue weighted by Crippen LogP contribution is 2.45. The number of aliphatic hydroxyl groups is 1. The minimum Gasteiger partial charge on any atom is -0.393 e. The molecule has 1 saturated carbocycles. The van der Waals surface area contributed by atoms with Crippen LogP contribution in [0.15, 0.2) is 4.79 Å². The number of hydrogen-bond donors (Lipinski definition) is 2. The molecule has 0 aromatic carbocycles. The molecule has 3 fully saturated rings. The number of aromatic amines is 1. The maximum absolute atomic E-state index is 13.0. The maximum Gasteiger partial charge on any atom is 0.255 e. The number of morpholine rings is 1. The monoisotopic (exact) mass is 416 g/mol. The molecule has 1 aromatic heterocycles. The predicted molar refractivity (Wildman–Crippen MR) is 112 cm³/mol. The second-order valence-electron chi connectivity index (χ2n) is 9.43. The summed E-state index contributed by atoms with van der Waals surface area (Å²) in [6.07, 6.45) is 6.29. The third-order valence-corrected chi connectivity index (χ3v) is 7.75. The average molecular weight is 417 g/mol. The van der Waals surface area contributed by atoms with E-state index >= 15 is 0 Å². The van der Waals surface area contributed by atoms with Crippen LogP contribution in [-0.2, 0) is 21.4 Å². The van der Waals surface area contributed by atoms with Crippen molar-refractivity contribution in [1.29, 1.82) is 0 Å². The van der Waals surface area contributed by atoms with Gasteiger partial charge in [0.2, 0.25) is 11.9 Å². The predicted octanol–water partition coefficient (Wildman–Crippen LogP) is 0.964. The van der Waals surface area contributed by atoms with E-state index in [0.717, 1.165) is 88.8 Å². The molecule has 0 bridgehead atoms. The van der Waals surface area contributed by atoms with Crippen LogP contribution in [0.25, 0.3) is 0 Å². The molecule has 164 valence electrons. The Hall–Kier alpha value is -1.93. The van der Waals surface area contributed by atoms with Crippen molar-refractivity contribution in [2.45, 2.75) is 62.9 Å². The number of H-pyrrole nitrogens is 1. The molecule has 8 nitrogen and oxygen atoms in total. The second kappa shape index (κ2) is 7.96. The highest BCUT2D eigenvalue weighted by atomic mass is 16.5. The molecule has 2 saturated heterocycles. The Balaban J connectivity index is 1.31. The van der Waals surface area contributed by atoms with Crippen LogP contribution in [-0.4, -0.2) is 71.4 Å². The lowest BCUT2D eigenvalue weighted by Crippen LogP contribution is -2.47. The van der Waals surface area contributed by atoms with E-state index in [4.69, 9.17) is 9.72 Å². The van der Waals surface area contributed by atoms with E-state index < -0.39 is 0 Å². The summed E-state index contributed by atoms with van der Waals surface area (Å²) in [5.41, 5.74) is 1.73. The van der Waals surface area contributed by atoms with E-state index in [-0.39, 0.29) is 28.9 Å². The van der Waals surface area contributed by atoms with Gasteiger partial charge in [-0.05, 0) is 51.4 Å². The van der Waals surface area contributed by atoms with E-state index in [1.807, 2.05) is 4.90 Å². The standard InChI is InChI=1S/C22H32N4O4/c27-16-3-1-15(2-4-16)20(29)25-9-7-22(8-10-25)6-5-17-18(22)23-21(24-19(17)28)26-11-13-30-14-12-26/h15-16,27H,1-14H2,(H,23,24,28). The number of anilines is 1. The van der Waals surface area contributed by atoms with E-state index in [9.17, 15) is 14.7 Å². The van der Waals surface area contributed by atoms with Crippen LogP contribution in [0.2, 0.25) is 0 Å². The Bertz CT molecular complexity index is 847. The van der Waals surface area contributed by atoms with Crippen molar-refractivity contribution in [2.24, 2.45) is 5.92 Å². The van der Waals surface area contributed by atoms with E-state index in [2.05, 4.69) is 9.88 Å². The number of aromatic nitrogens is 2. The lowest BCUT2D eigenvalue weighted by molar-refractivity contribution is -0.138. The largest absolute Gasteiger partial charge is 0.393 e. The Kier molecular flexibility index (Phi) is 5.31. The Morgan fingerprint density at radius 1 is 1.07 bits per heavy atom. The number of hydrogen-bond acceptors (Lipinski definition) is 6. The van der Waals surface area contributed by atoms with Gasteiger partial charge in [-0.25, -0.2) is 4.98 Å². The summed E-state index contributed by atoms with van der Waals surface area (Å²) in [5.74, 6) is 0.984. The van der Waals surface area contributed by atoms with Crippen LogP contribution in [0.1, 0.15) is 56.2 Å². The third-order valence-electron chi connectivity index (χ3n) is 7.75. The molecule has 2 aliphatic heterocycles. The second-order valence-corrected chi connectivity index (χ2v) is 9.43. The van der Waals surface area contributed by atoms with Crippen molar-refractivity contribution < 1.29 is 14.6 Å². The van der Waals surface area contributed by atoms with Gasteiger partial charge >= 0.3 is 0 Å². The molecule has 2 aliphatic carbocycles. The summed E-state index contributed by atoms with van der Waals surface area (Å²) in [5, 5.41) is 9.72. The number of fused-ring (bicyclic) bond motifs is 2. The molecule has 5 rings (SSSR count). The SMILES string of the molecule is O=C(C1CCC(O)CC1)N1CCC2(CCc3c2nc(N2CCOCC2)[nH]c3=O)CC1. The molecule has 2 N–H and O–H groups in total. The highest BCUT2D eigenvalue weighted by molar-refractivity contribution is 5.79. The molecule has 3 heterocycles. The number of likely N-dealkylation sites (tertiary alicyclic amines) is 1. The van der Waals surface area contributed by atoms with Crippen LogP contribution in [0, 0.1) is 5.92 Å². The van der Waals surface area contributed by atoms with Gasteiger partial charge in [0, 0.05) is 43.1 Å². The summed E-state index contributed by atoms with van der Waals surface area (Å²) in [6.45, 7) is 4.26. The number of carbonyl (C=O) groups is 1. The fourth-order valence-corrected chi connectivity index (χ4v) is 5.79. The lowest BCUT2D eigenvalue weighted by Gasteiger charge is -2.41. The summed E-state index contributed by atoms with van der Waals surface area (Å²) in [4.78, 5) is 37.8. The van der Waals surface area contributed by atoms with Crippen molar-refractivity contribution in [3.63, 3.8) is 0 Å². The first-order valence-electron chi connectivity index (χ1n) is 11.5. The molecule has 0 atom stereocenters. The van der Waals surface area contributed by atoms with Crippen molar-refractivity contribution in [1.82, 2.24) is 14.9 Å². The summed E-state index contributed by atoms with van der Waals surface area (Å²) in [7, 11) is 0. The molecular weight excluding hydrogens is 384 g/mol. The van der Waals surface area contributed by atoms with Gasteiger partial charge in [0.1, 0.15) is 0 Å². The normalized spacial score (nSPS) is 28.6. The van der Waals surface area contributed by atoms with Crippen molar-refractivity contribution in [3.8, 4) is 0 Å². The van der Waals surface area contributed by atoms with Gasteiger partial charge in [0.25, 0.3) is 5.56 Å². The van der Waals surface area contributed by atoms with Gasteiger partial charge in [-0.1, -0.05) is 0 Å².